The number of para-hydroxylation sites is 1. The third-order valence-electron chi connectivity index (χ3n) is 6.32. The Bertz CT molecular complexity index is 1730. The Kier molecular flexibility index (Phi) is 11.1. The van der Waals surface area contributed by atoms with Crippen LogP contribution in [-0.2, 0) is 19.6 Å². The highest BCUT2D eigenvalue weighted by Crippen LogP contribution is 2.28. The largest absolute Gasteiger partial charge is 0.493 e. The maximum atomic E-state index is 13.1. The molecule has 4 rings (SSSR count). The van der Waals surface area contributed by atoms with Crippen molar-refractivity contribution in [3.8, 4) is 11.5 Å². The van der Waals surface area contributed by atoms with E-state index in [4.69, 9.17) is 21.1 Å². The molecule has 0 saturated heterocycles. The van der Waals surface area contributed by atoms with Crippen molar-refractivity contribution < 1.29 is 27.5 Å². The van der Waals surface area contributed by atoms with Gasteiger partial charge in [-0.15, -0.1) is 0 Å². The van der Waals surface area contributed by atoms with Crippen LogP contribution in [0, 0.1) is 6.92 Å². The maximum Gasteiger partial charge on any atom is 0.262 e. The number of aryl methyl sites for hydroxylation is 1. The van der Waals surface area contributed by atoms with Gasteiger partial charge >= 0.3 is 0 Å². The van der Waals surface area contributed by atoms with Crippen molar-refractivity contribution in [3.63, 3.8) is 0 Å². The molecule has 44 heavy (non-hydrogen) atoms. The molecule has 10 nitrogen and oxygen atoms in total. The van der Waals surface area contributed by atoms with Crippen LogP contribution in [0.25, 0.3) is 0 Å². The molecule has 12 heteroatoms. The number of hydrazone groups is 1. The van der Waals surface area contributed by atoms with Crippen molar-refractivity contribution in [1.82, 2.24) is 10.1 Å². The summed E-state index contributed by atoms with van der Waals surface area (Å²) >= 11 is 6.08. The molecule has 4 aromatic carbocycles. The smallest absolute Gasteiger partial charge is 0.262 e. The molecule has 2 amide bonds. The minimum absolute atomic E-state index is 0.102. The standard InChI is InChI=1S/C32H31ClN4O6S/c1-22-12-15-25(16-13-22)44(40,41)37-28(24-8-4-3-5-9-24)19-31(38)36-34-20-23-14-17-29(30(18-23)42-2)43-21-32(39)35-27-11-7-6-10-26(27)33/h3-18,20,28,37H,19,21H2,1-2H3,(H,35,39)(H,36,38)/b34-20-/t28-/m1/s1. The highest BCUT2D eigenvalue weighted by molar-refractivity contribution is 7.89. The van der Waals surface area contributed by atoms with E-state index in [0.29, 0.717) is 33.3 Å². The Morgan fingerprint density at radius 2 is 1.61 bits per heavy atom. The summed E-state index contributed by atoms with van der Waals surface area (Å²) in [5.74, 6) is -0.225. The molecule has 0 fully saturated rings. The summed E-state index contributed by atoms with van der Waals surface area (Å²) in [5, 5.41) is 7.10. The third kappa shape index (κ3) is 9.14. The highest BCUT2D eigenvalue weighted by atomic mass is 35.5. The Hall–Kier alpha value is -4.71. The molecule has 4 aromatic rings. The van der Waals surface area contributed by atoms with E-state index in [9.17, 15) is 18.0 Å². The van der Waals surface area contributed by atoms with Gasteiger partial charge in [0.05, 0.1) is 35.0 Å². The van der Waals surface area contributed by atoms with Crippen molar-refractivity contribution >= 4 is 45.3 Å². The number of halogens is 1. The van der Waals surface area contributed by atoms with E-state index in [1.807, 2.05) is 6.92 Å². The van der Waals surface area contributed by atoms with Crippen LogP contribution in [0.2, 0.25) is 5.02 Å². The molecule has 0 unspecified atom stereocenters. The molecule has 0 aliphatic heterocycles. The van der Waals surface area contributed by atoms with Gasteiger partial charge < -0.3 is 14.8 Å². The number of benzene rings is 4. The SMILES string of the molecule is COc1cc(/C=N\NC(=O)C[C@@H](NS(=O)(=O)c2ccc(C)cc2)c2ccccc2)ccc1OCC(=O)Nc1ccccc1Cl. The number of carbonyl (C=O) groups is 2. The number of carbonyl (C=O) groups excluding carboxylic acids is 2. The van der Waals surface area contributed by atoms with Crippen LogP contribution in [0.5, 0.6) is 11.5 Å². The van der Waals surface area contributed by atoms with Crippen molar-refractivity contribution in [1.29, 1.82) is 0 Å². The Morgan fingerprint density at radius 1 is 0.909 bits per heavy atom. The zero-order chi connectivity index (χ0) is 31.5. The first kappa shape index (κ1) is 32.2. The van der Waals surface area contributed by atoms with Gasteiger partial charge in [-0.3, -0.25) is 9.59 Å². The van der Waals surface area contributed by atoms with E-state index in [-0.39, 0.29) is 17.9 Å². The van der Waals surface area contributed by atoms with Crippen LogP contribution < -0.4 is 24.9 Å². The molecule has 3 N–H and O–H groups in total. The summed E-state index contributed by atoms with van der Waals surface area (Å²) in [7, 11) is -2.44. The molecular formula is C32H31ClN4O6S. The summed E-state index contributed by atoms with van der Waals surface area (Å²) in [6, 6.07) is 26.2. The lowest BCUT2D eigenvalue weighted by Gasteiger charge is -2.18. The Morgan fingerprint density at radius 3 is 2.32 bits per heavy atom. The van der Waals surface area contributed by atoms with Crippen LogP contribution in [0.4, 0.5) is 5.69 Å². The molecular weight excluding hydrogens is 604 g/mol. The fourth-order valence-electron chi connectivity index (χ4n) is 4.07. The summed E-state index contributed by atoms with van der Waals surface area (Å²) < 4.78 is 39.7. The van der Waals surface area contributed by atoms with Crippen LogP contribution in [-0.4, -0.2) is 40.2 Å². The van der Waals surface area contributed by atoms with Crippen molar-refractivity contribution in [3.05, 3.63) is 119 Å². The normalized spacial score (nSPS) is 12.0. The van der Waals surface area contributed by atoms with Gasteiger partial charge in [0, 0.05) is 6.42 Å². The van der Waals surface area contributed by atoms with Gasteiger partial charge in [0.15, 0.2) is 18.1 Å². The molecule has 0 aliphatic rings. The lowest BCUT2D eigenvalue weighted by molar-refractivity contribution is -0.121. The van der Waals surface area contributed by atoms with Gasteiger partial charge in [-0.1, -0.05) is 71.8 Å². The number of nitrogens with zero attached hydrogens (tertiary/aromatic N) is 1. The van der Waals surface area contributed by atoms with Crippen LogP contribution >= 0.6 is 11.6 Å². The molecule has 0 spiro atoms. The topological polar surface area (TPSA) is 135 Å². The quantitative estimate of drug-likeness (QED) is 0.136. The lowest BCUT2D eigenvalue weighted by Crippen LogP contribution is -2.32. The second kappa shape index (κ2) is 15.1. The van der Waals surface area contributed by atoms with E-state index in [2.05, 4.69) is 20.6 Å². The fraction of sp³-hybridized carbons (Fsp3) is 0.156. The molecule has 0 saturated carbocycles. The van der Waals surface area contributed by atoms with Gasteiger partial charge in [-0.2, -0.15) is 5.10 Å². The van der Waals surface area contributed by atoms with Gasteiger partial charge in [0.1, 0.15) is 0 Å². The van der Waals surface area contributed by atoms with E-state index in [1.165, 1.54) is 25.5 Å². The Balaban J connectivity index is 1.36. The van der Waals surface area contributed by atoms with Crippen LogP contribution in [0.1, 0.15) is 29.2 Å². The average Bonchev–Trinajstić information content (AvgIpc) is 3.01. The first-order valence-electron chi connectivity index (χ1n) is 13.5. The monoisotopic (exact) mass is 634 g/mol. The molecule has 0 heterocycles. The first-order valence-corrected chi connectivity index (χ1v) is 15.3. The summed E-state index contributed by atoms with van der Waals surface area (Å²) in [6.45, 7) is 1.59. The fourth-order valence-corrected chi connectivity index (χ4v) is 5.48. The van der Waals surface area contributed by atoms with Crippen molar-refractivity contribution in [2.45, 2.75) is 24.3 Å². The van der Waals surface area contributed by atoms with Gasteiger partial charge in [-0.25, -0.2) is 18.6 Å². The molecule has 0 bridgehead atoms. The number of ether oxygens (including phenoxy) is 2. The average molecular weight is 635 g/mol. The number of hydrogen-bond donors (Lipinski definition) is 3. The number of hydrogen-bond acceptors (Lipinski definition) is 7. The minimum atomic E-state index is -3.90. The van der Waals surface area contributed by atoms with E-state index in [0.717, 1.165) is 5.56 Å². The lowest BCUT2D eigenvalue weighted by atomic mass is 10.0. The van der Waals surface area contributed by atoms with Crippen LogP contribution in [0.15, 0.2) is 107 Å². The number of methoxy groups -OCH3 is 1. The van der Waals surface area contributed by atoms with E-state index >= 15 is 0 Å². The zero-order valence-corrected chi connectivity index (χ0v) is 25.6. The Labute approximate surface area is 261 Å². The maximum absolute atomic E-state index is 13.1. The second-order valence-corrected chi connectivity index (χ2v) is 11.7. The second-order valence-electron chi connectivity index (χ2n) is 9.62. The zero-order valence-electron chi connectivity index (χ0n) is 24.0. The van der Waals surface area contributed by atoms with Crippen molar-refractivity contribution in [2.24, 2.45) is 5.10 Å². The molecule has 1 atom stereocenters. The number of anilines is 1. The van der Waals surface area contributed by atoms with E-state index in [1.54, 1.807) is 84.9 Å². The van der Waals surface area contributed by atoms with E-state index < -0.39 is 27.9 Å². The van der Waals surface area contributed by atoms with Gasteiger partial charge in [0.2, 0.25) is 15.9 Å². The molecule has 0 aromatic heterocycles. The predicted octanol–water partition coefficient (Wildman–Crippen LogP) is 5.23. The number of sulfonamides is 1. The van der Waals surface area contributed by atoms with Crippen molar-refractivity contribution in [2.75, 3.05) is 19.0 Å². The van der Waals surface area contributed by atoms with Gasteiger partial charge in [0.25, 0.3) is 5.91 Å². The number of rotatable bonds is 13. The van der Waals surface area contributed by atoms with Crippen LogP contribution in [0.3, 0.4) is 0 Å². The molecule has 0 radical (unpaired) electrons. The third-order valence-corrected chi connectivity index (χ3v) is 8.13. The predicted molar refractivity (Wildman–Crippen MR) is 170 cm³/mol. The summed E-state index contributed by atoms with van der Waals surface area (Å²) in [6.07, 6.45) is 1.21. The highest BCUT2D eigenvalue weighted by Gasteiger charge is 2.23. The first-order chi connectivity index (χ1) is 21.1. The summed E-state index contributed by atoms with van der Waals surface area (Å²) in [5.41, 5.74) is 5.05. The summed E-state index contributed by atoms with van der Waals surface area (Å²) in [4.78, 5) is 25.2. The number of amides is 2. The molecule has 0 aliphatic carbocycles. The number of nitrogens with one attached hydrogen (secondary N) is 3. The van der Waals surface area contributed by atoms with Gasteiger partial charge in [-0.05, 0) is 60.5 Å². The minimum Gasteiger partial charge on any atom is -0.493 e. The molecule has 228 valence electrons.